The highest BCUT2D eigenvalue weighted by Gasteiger charge is 2.27. The average Bonchev–Trinajstić information content (AvgIpc) is 2.37. The van der Waals surface area contributed by atoms with Crippen LogP contribution in [0.1, 0.15) is 0 Å². The molecule has 0 saturated carbocycles. The third-order valence-electron chi connectivity index (χ3n) is 2.47. The molecule has 9 heteroatoms. The Balaban J connectivity index is 2.65. The molecule has 0 heterocycles. The van der Waals surface area contributed by atoms with Gasteiger partial charge in [-0.3, -0.25) is 0 Å². The van der Waals surface area contributed by atoms with E-state index in [1.165, 1.54) is 20.2 Å². The van der Waals surface area contributed by atoms with Gasteiger partial charge in [-0.05, 0) is 12.1 Å². The lowest BCUT2D eigenvalue weighted by Gasteiger charge is -2.16. The van der Waals surface area contributed by atoms with E-state index in [0.717, 1.165) is 4.31 Å². The summed E-state index contributed by atoms with van der Waals surface area (Å²) in [5.41, 5.74) is 0.321. The molecule has 0 fully saturated rings. The van der Waals surface area contributed by atoms with E-state index in [-0.39, 0.29) is 18.0 Å². The smallest absolute Gasteiger partial charge is 0.382 e. The zero-order valence-electron chi connectivity index (χ0n) is 11.6. The van der Waals surface area contributed by atoms with Gasteiger partial charge in [0.25, 0.3) is 0 Å². The minimum Gasteiger partial charge on any atom is -0.382 e. The van der Waals surface area contributed by atoms with Crippen LogP contribution in [0, 0.1) is 0 Å². The normalized spacial score (nSPS) is 12.7. The van der Waals surface area contributed by atoms with Gasteiger partial charge in [0.2, 0.25) is 10.0 Å². The van der Waals surface area contributed by atoms with Crippen LogP contribution in [-0.4, -0.2) is 52.8 Å². The van der Waals surface area contributed by atoms with Gasteiger partial charge in [-0.2, -0.15) is 13.2 Å². The van der Waals surface area contributed by atoms with Crippen LogP contribution in [0.3, 0.4) is 0 Å². The molecule has 0 bridgehead atoms. The van der Waals surface area contributed by atoms with Crippen LogP contribution in [0.2, 0.25) is 0 Å². The van der Waals surface area contributed by atoms with Crippen molar-refractivity contribution in [2.45, 2.75) is 11.1 Å². The molecule has 1 aromatic rings. The van der Waals surface area contributed by atoms with Crippen LogP contribution in [0.25, 0.3) is 0 Å². The predicted molar refractivity (Wildman–Crippen MR) is 72.7 cm³/mol. The highest BCUT2D eigenvalue weighted by molar-refractivity contribution is 7.89. The van der Waals surface area contributed by atoms with Crippen molar-refractivity contribution in [2.75, 3.05) is 39.2 Å². The van der Waals surface area contributed by atoms with Crippen molar-refractivity contribution < 1.29 is 26.3 Å². The summed E-state index contributed by atoms with van der Waals surface area (Å²) in [7, 11) is -0.821. The average molecular weight is 326 g/mol. The molecule has 120 valence electrons. The summed E-state index contributed by atoms with van der Waals surface area (Å²) in [6.07, 6.45) is -4.37. The molecule has 0 aliphatic rings. The van der Waals surface area contributed by atoms with Crippen LogP contribution in [0.15, 0.2) is 29.2 Å². The van der Waals surface area contributed by atoms with E-state index in [1.54, 1.807) is 18.2 Å². The summed E-state index contributed by atoms with van der Waals surface area (Å²) in [5.74, 6) is 0. The minimum atomic E-state index is -4.37. The lowest BCUT2D eigenvalue weighted by Crippen LogP contribution is -2.24. The zero-order chi connectivity index (χ0) is 16.1. The zero-order valence-corrected chi connectivity index (χ0v) is 12.5. The highest BCUT2D eigenvalue weighted by atomic mass is 32.2. The molecule has 1 N–H and O–H groups in total. The van der Waals surface area contributed by atoms with Crippen molar-refractivity contribution in [1.29, 1.82) is 0 Å². The van der Waals surface area contributed by atoms with Crippen LogP contribution < -0.4 is 5.32 Å². The molecule has 1 rings (SSSR count). The number of para-hydroxylation sites is 1. The number of benzene rings is 1. The summed E-state index contributed by atoms with van der Waals surface area (Å²) >= 11 is 0. The topological polar surface area (TPSA) is 58.6 Å². The van der Waals surface area contributed by atoms with Crippen molar-refractivity contribution in [3.05, 3.63) is 24.3 Å². The van der Waals surface area contributed by atoms with Crippen molar-refractivity contribution in [3.8, 4) is 0 Å². The molecular weight excluding hydrogens is 309 g/mol. The molecule has 0 aromatic heterocycles. The number of ether oxygens (including phenoxy) is 1. The first-order valence-electron chi connectivity index (χ1n) is 6.04. The van der Waals surface area contributed by atoms with Crippen LogP contribution in [-0.2, 0) is 14.8 Å². The number of nitrogens with one attached hydrogen (secondary N) is 1. The summed E-state index contributed by atoms with van der Waals surface area (Å²) in [5, 5.41) is 2.76. The Labute approximate surface area is 121 Å². The van der Waals surface area contributed by atoms with Crippen molar-refractivity contribution in [2.24, 2.45) is 0 Å². The molecule has 0 aliphatic heterocycles. The Hall–Kier alpha value is -1.32. The van der Waals surface area contributed by atoms with E-state index < -0.39 is 22.8 Å². The van der Waals surface area contributed by atoms with Gasteiger partial charge in [-0.1, -0.05) is 12.1 Å². The number of hydrogen-bond donors (Lipinski definition) is 1. The van der Waals surface area contributed by atoms with Gasteiger partial charge < -0.3 is 10.1 Å². The number of hydrogen-bond acceptors (Lipinski definition) is 4. The van der Waals surface area contributed by atoms with E-state index in [4.69, 9.17) is 0 Å². The fourth-order valence-electron chi connectivity index (χ4n) is 1.48. The number of nitrogens with zero attached hydrogens (tertiary/aromatic N) is 1. The van der Waals surface area contributed by atoms with Crippen molar-refractivity contribution in [1.82, 2.24) is 4.31 Å². The van der Waals surface area contributed by atoms with Gasteiger partial charge in [0.05, 0.1) is 12.3 Å². The fraction of sp³-hybridized carbons (Fsp3) is 0.500. The highest BCUT2D eigenvalue weighted by Crippen LogP contribution is 2.22. The molecular formula is C12H17F3N2O3S. The van der Waals surface area contributed by atoms with Gasteiger partial charge in [-0.25, -0.2) is 12.7 Å². The maximum atomic E-state index is 12.1. The molecule has 5 nitrogen and oxygen atoms in total. The van der Waals surface area contributed by atoms with E-state index in [2.05, 4.69) is 10.1 Å². The molecule has 0 unspecified atom stereocenters. The van der Waals surface area contributed by atoms with E-state index >= 15 is 0 Å². The summed E-state index contributed by atoms with van der Waals surface area (Å²) in [4.78, 5) is 0.0609. The van der Waals surface area contributed by atoms with Crippen molar-refractivity contribution in [3.63, 3.8) is 0 Å². The van der Waals surface area contributed by atoms with Crippen LogP contribution in [0.4, 0.5) is 18.9 Å². The molecule has 0 atom stereocenters. The maximum absolute atomic E-state index is 12.1. The van der Waals surface area contributed by atoms with Gasteiger partial charge in [0.15, 0.2) is 0 Å². The standard InChI is InChI=1S/C12H17F3N2O3S/c1-17(2)21(18,19)11-6-4-3-5-10(11)16-7-8-20-9-12(13,14)15/h3-6,16H,7-9H2,1-2H3. The Bertz CT molecular complexity index is 559. The quantitative estimate of drug-likeness (QED) is 0.778. The number of halogens is 3. The monoisotopic (exact) mass is 326 g/mol. The molecule has 21 heavy (non-hydrogen) atoms. The molecule has 1 aromatic carbocycles. The number of rotatable bonds is 7. The largest absolute Gasteiger partial charge is 0.411 e. The van der Waals surface area contributed by atoms with Crippen LogP contribution in [0.5, 0.6) is 0 Å². The third-order valence-corrected chi connectivity index (χ3v) is 4.35. The summed E-state index contributed by atoms with van der Waals surface area (Å²) < 4.78 is 65.3. The predicted octanol–water partition coefficient (Wildman–Crippen LogP) is 1.93. The van der Waals surface area contributed by atoms with Gasteiger partial charge >= 0.3 is 6.18 Å². The Kier molecular flexibility index (Phi) is 5.99. The second-order valence-electron chi connectivity index (χ2n) is 4.38. The fourth-order valence-corrected chi connectivity index (χ4v) is 2.54. The molecule has 0 aliphatic carbocycles. The van der Waals surface area contributed by atoms with Gasteiger partial charge in [0, 0.05) is 20.6 Å². The molecule has 0 amide bonds. The third kappa shape index (κ3) is 5.52. The summed E-state index contributed by atoms with van der Waals surface area (Å²) in [6, 6.07) is 6.17. The maximum Gasteiger partial charge on any atom is 0.411 e. The van der Waals surface area contributed by atoms with E-state index in [1.807, 2.05) is 0 Å². The Morgan fingerprint density at radius 3 is 2.43 bits per heavy atom. The molecule has 0 saturated heterocycles. The Morgan fingerprint density at radius 2 is 1.86 bits per heavy atom. The first-order chi connectivity index (χ1) is 9.64. The van der Waals surface area contributed by atoms with Crippen LogP contribution >= 0.6 is 0 Å². The molecule has 0 spiro atoms. The second kappa shape index (κ2) is 7.10. The first-order valence-corrected chi connectivity index (χ1v) is 7.48. The lowest BCUT2D eigenvalue weighted by atomic mass is 10.3. The van der Waals surface area contributed by atoms with Gasteiger partial charge in [-0.15, -0.1) is 0 Å². The van der Waals surface area contributed by atoms with E-state index in [9.17, 15) is 21.6 Å². The first kappa shape index (κ1) is 17.7. The van der Waals surface area contributed by atoms with Crippen molar-refractivity contribution >= 4 is 15.7 Å². The minimum absolute atomic E-state index is 0.0609. The van der Waals surface area contributed by atoms with E-state index in [0.29, 0.717) is 5.69 Å². The number of alkyl halides is 3. The molecule has 0 radical (unpaired) electrons. The lowest BCUT2D eigenvalue weighted by molar-refractivity contribution is -0.172. The number of anilines is 1. The summed E-state index contributed by atoms with van der Waals surface area (Å²) in [6.45, 7) is -1.45. The second-order valence-corrected chi connectivity index (χ2v) is 6.50. The Morgan fingerprint density at radius 1 is 1.24 bits per heavy atom. The SMILES string of the molecule is CN(C)S(=O)(=O)c1ccccc1NCCOCC(F)(F)F. The number of sulfonamides is 1. The van der Waals surface area contributed by atoms with Gasteiger partial charge in [0.1, 0.15) is 11.5 Å².